The van der Waals surface area contributed by atoms with E-state index >= 15 is 0 Å². The molecule has 0 amide bonds. The Kier molecular flexibility index (Phi) is 5.98. The first kappa shape index (κ1) is 15.7. The van der Waals surface area contributed by atoms with Crippen molar-refractivity contribution >= 4 is 16.0 Å². The average Bonchev–Trinajstić information content (AvgIpc) is 2.35. The summed E-state index contributed by atoms with van der Waals surface area (Å²) in [6, 6.07) is 9.43. The molecule has 0 radical (unpaired) electrons. The lowest BCUT2D eigenvalue weighted by Gasteiger charge is -2.15. The molecule has 106 valence electrons. The van der Waals surface area contributed by atoms with Crippen LogP contribution in [0.25, 0.3) is 0 Å². The molecule has 1 aromatic carbocycles. The molecule has 0 spiro atoms. The van der Waals surface area contributed by atoms with Gasteiger partial charge in [-0.2, -0.15) is 0 Å². The van der Waals surface area contributed by atoms with E-state index in [-0.39, 0.29) is 19.1 Å². The number of nitrogens with one attached hydrogen (secondary N) is 1. The molecular weight excluding hydrogens is 266 g/mol. The number of carbonyl (C=O) groups excluding carboxylic acids is 1. The summed E-state index contributed by atoms with van der Waals surface area (Å²) in [5.41, 5.74) is 0.968. The molecule has 0 aromatic heterocycles. The van der Waals surface area contributed by atoms with Gasteiger partial charge in [-0.15, -0.1) is 0 Å². The minimum Gasteiger partial charge on any atom is -0.466 e. The highest BCUT2D eigenvalue weighted by Crippen LogP contribution is 2.10. The van der Waals surface area contributed by atoms with Gasteiger partial charge in [0.05, 0.1) is 18.8 Å². The van der Waals surface area contributed by atoms with Crippen molar-refractivity contribution in [2.45, 2.75) is 13.3 Å². The third kappa shape index (κ3) is 6.35. The predicted octanol–water partition coefficient (Wildman–Crippen LogP) is 0.958. The summed E-state index contributed by atoms with van der Waals surface area (Å²) in [6.07, 6.45) is 1.51. The van der Waals surface area contributed by atoms with Gasteiger partial charge in [-0.05, 0) is 18.9 Å². The molecule has 1 rings (SSSR count). The van der Waals surface area contributed by atoms with Crippen LogP contribution in [0, 0.1) is 5.92 Å². The number of sulfonamides is 1. The van der Waals surface area contributed by atoms with Gasteiger partial charge in [0.15, 0.2) is 0 Å². The lowest BCUT2D eigenvalue weighted by Crippen LogP contribution is -2.34. The molecular formula is C13H19NO4S. The van der Waals surface area contributed by atoms with Crippen LogP contribution in [0.3, 0.4) is 0 Å². The molecule has 0 saturated carbocycles. The van der Waals surface area contributed by atoms with E-state index in [0.29, 0.717) is 6.42 Å². The molecule has 1 aromatic rings. The highest BCUT2D eigenvalue weighted by Gasteiger charge is 2.21. The fourth-order valence-electron chi connectivity index (χ4n) is 1.65. The zero-order chi connectivity index (χ0) is 14.3. The van der Waals surface area contributed by atoms with Gasteiger partial charge in [-0.25, -0.2) is 13.1 Å². The highest BCUT2D eigenvalue weighted by atomic mass is 32.2. The van der Waals surface area contributed by atoms with E-state index in [2.05, 4.69) is 4.72 Å². The first-order valence-electron chi connectivity index (χ1n) is 6.07. The lowest BCUT2D eigenvalue weighted by molar-refractivity contribution is -0.147. The SMILES string of the molecule is CCOC(=O)C(CNS(C)(=O)=O)Cc1ccccc1. The molecule has 1 atom stereocenters. The molecule has 5 nitrogen and oxygen atoms in total. The third-order valence-electron chi connectivity index (χ3n) is 2.54. The predicted molar refractivity (Wildman–Crippen MR) is 73.1 cm³/mol. The Labute approximate surface area is 114 Å². The second kappa shape index (κ2) is 7.25. The monoisotopic (exact) mass is 285 g/mol. The van der Waals surface area contributed by atoms with Crippen LogP contribution < -0.4 is 4.72 Å². The van der Waals surface area contributed by atoms with Gasteiger partial charge in [0.1, 0.15) is 0 Å². The minimum absolute atomic E-state index is 0.0482. The Morgan fingerprint density at radius 1 is 1.32 bits per heavy atom. The normalized spacial score (nSPS) is 12.9. The molecule has 0 fully saturated rings. The molecule has 0 saturated heterocycles. The van der Waals surface area contributed by atoms with E-state index in [9.17, 15) is 13.2 Å². The van der Waals surface area contributed by atoms with Crippen molar-refractivity contribution in [1.82, 2.24) is 4.72 Å². The van der Waals surface area contributed by atoms with Gasteiger partial charge >= 0.3 is 5.97 Å². The standard InChI is InChI=1S/C13H19NO4S/c1-3-18-13(15)12(10-14-19(2,16)17)9-11-7-5-4-6-8-11/h4-8,12,14H,3,9-10H2,1-2H3. The van der Waals surface area contributed by atoms with Crippen molar-refractivity contribution in [3.8, 4) is 0 Å². The van der Waals surface area contributed by atoms with Crippen molar-refractivity contribution in [3.05, 3.63) is 35.9 Å². The van der Waals surface area contributed by atoms with E-state index < -0.39 is 15.9 Å². The van der Waals surface area contributed by atoms with Gasteiger partial charge in [0.2, 0.25) is 10.0 Å². The molecule has 1 N–H and O–H groups in total. The smallest absolute Gasteiger partial charge is 0.310 e. The van der Waals surface area contributed by atoms with Crippen molar-refractivity contribution in [2.75, 3.05) is 19.4 Å². The number of rotatable bonds is 7. The second-order valence-electron chi connectivity index (χ2n) is 4.26. The van der Waals surface area contributed by atoms with Crippen LogP contribution in [-0.2, 0) is 26.0 Å². The van der Waals surface area contributed by atoms with E-state index in [4.69, 9.17) is 4.74 Å². The van der Waals surface area contributed by atoms with Crippen LogP contribution in [0.5, 0.6) is 0 Å². The highest BCUT2D eigenvalue weighted by molar-refractivity contribution is 7.88. The Balaban J connectivity index is 2.72. The zero-order valence-corrected chi connectivity index (χ0v) is 11.9. The quantitative estimate of drug-likeness (QED) is 0.757. The molecule has 19 heavy (non-hydrogen) atoms. The Morgan fingerprint density at radius 2 is 1.95 bits per heavy atom. The van der Waals surface area contributed by atoms with Crippen LogP contribution in [0.2, 0.25) is 0 Å². The van der Waals surface area contributed by atoms with E-state index in [0.717, 1.165) is 11.8 Å². The summed E-state index contributed by atoms with van der Waals surface area (Å²) in [5, 5.41) is 0. The maximum absolute atomic E-state index is 11.8. The van der Waals surface area contributed by atoms with Gasteiger partial charge in [-0.3, -0.25) is 4.79 Å². The Morgan fingerprint density at radius 3 is 2.47 bits per heavy atom. The summed E-state index contributed by atoms with van der Waals surface area (Å²) in [5.74, 6) is -0.903. The molecule has 0 heterocycles. The number of hydrogen-bond donors (Lipinski definition) is 1. The maximum Gasteiger partial charge on any atom is 0.310 e. The summed E-state index contributed by atoms with van der Waals surface area (Å²) >= 11 is 0. The number of carbonyl (C=O) groups is 1. The van der Waals surface area contributed by atoms with Crippen LogP contribution in [0.1, 0.15) is 12.5 Å². The summed E-state index contributed by atoms with van der Waals surface area (Å²) in [6.45, 7) is 2.05. The molecule has 1 unspecified atom stereocenters. The Hall–Kier alpha value is -1.40. The van der Waals surface area contributed by atoms with E-state index in [1.165, 1.54) is 0 Å². The van der Waals surface area contributed by atoms with Gasteiger partial charge in [0, 0.05) is 6.54 Å². The van der Waals surface area contributed by atoms with Crippen molar-refractivity contribution in [2.24, 2.45) is 5.92 Å². The molecule has 0 bridgehead atoms. The van der Waals surface area contributed by atoms with Crippen LogP contribution in [-0.4, -0.2) is 33.8 Å². The molecule has 0 aliphatic carbocycles. The first-order chi connectivity index (χ1) is 8.92. The van der Waals surface area contributed by atoms with Gasteiger partial charge < -0.3 is 4.74 Å². The van der Waals surface area contributed by atoms with Crippen molar-refractivity contribution < 1.29 is 17.9 Å². The number of hydrogen-bond acceptors (Lipinski definition) is 4. The zero-order valence-electron chi connectivity index (χ0n) is 11.1. The summed E-state index contributed by atoms with van der Waals surface area (Å²) in [7, 11) is -3.32. The topological polar surface area (TPSA) is 72.5 Å². The van der Waals surface area contributed by atoms with E-state index in [1.54, 1.807) is 6.92 Å². The van der Waals surface area contributed by atoms with Gasteiger partial charge in [-0.1, -0.05) is 30.3 Å². The van der Waals surface area contributed by atoms with Crippen molar-refractivity contribution in [3.63, 3.8) is 0 Å². The van der Waals surface area contributed by atoms with Crippen molar-refractivity contribution in [1.29, 1.82) is 0 Å². The lowest BCUT2D eigenvalue weighted by atomic mass is 10.00. The summed E-state index contributed by atoms with van der Waals surface area (Å²) in [4.78, 5) is 11.8. The fraction of sp³-hybridized carbons (Fsp3) is 0.462. The van der Waals surface area contributed by atoms with Gasteiger partial charge in [0.25, 0.3) is 0 Å². The maximum atomic E-state index is 11.8. The number of benzene rings is 1. The minimum atomic E-state index is -3.32. The fourth-order valence-corrected chi connectivity index (χ4v) is 2.15. The second-order valence-corrected chi connectivity index (χ2v) is 6.09. The van der Waals surface area contributed by atoms with Crippen LogP contribution in [0.15, 0.2) is 30.3 Å². The van der Waals surface area contributed by atoms with Crippen LogP contribution in [0.4, 0.5) is 0 Å². The molecule has 6 heteroatoms. The van der Waals surface area contributed by atoms with Crippen LogP contribution >= 0.6 is 0 Å². The third-order valence-corrected chi connectivity index (χ3v) is 3.23. The molecule has 0 aliphatic rings. The molecule has 0 aliphatic heterocycles. The van der Waals surface area contributed by atoms with E-state index in [1.807, 2.05) is 30.3 Å². The first-order valence-corrected chi connectivity index (χ1v) is 7.96. The summed E-state index contributed by atoms with van der Waals surface area (Å²) < 4.78 is 29.5. The largest absolute Gasteiger partial charge is 0.466 e. The number of ether oxygens (including phenoxy) is 1. The number of esters is 1. The Bertz CT molecular complexity index is 499. The average molecular weight is 285 g/mol.